The third-order valence-corrected chi connectivity index (χ3v) is 4.85. The number of nitrogens with zero attached hydrogens (tertiary/aromatic N) is 2. The maximum Gasteiger partial charge on any atom is 0.359 e. The fourth-order valence-electron chi connectivity index (χ4n) is 3.48. The minimum atomic E-state index is 0.405. The lowest BCUT2D eigenvalue weighted by molar-refractivity contribution is -0.982. The van der Waals surface area contributed by atoms with E-state index in [1.165, 1.54) is 23.3 Å². The molecule has 2 aromatic rings. The van der Waals surface area contributed by atoms with Crippen molar-refractivity contribution in [2.24, 2.45) is 0 Å². The highest BCUT2D eigenvalue weighted by Crippen LogP contribution is 2.18. The molecule has 25 heavy (non-hydrogen) atoms. The van der Waals surface area contributed by atoms with Crippen molar-refractivity contribution in [2.45, 2.75) is 32.8 Å². The predicted molar refractivity (Wildman–Crippen MR) is 96.3 cm³/mol. The average molecular weight is 342 g/mol. The van der Waals surface area contributed by atoms with Crippen molar-refractivity contribution in [3.8, 4) is 0 Å². The fraction of sp³-hybridized carbons (Fsp3) is 0.500. The van der Waals surface area contributed by atoms with Crippen LogP contribution in [0.15, 0.2) is 18.2 Å². The van der Waals surface area contributed by atoms with Gasteiger partial charge >= 0.3 is 5.96 Å². The zero-order valence-electron chi connectivity index (χ0n) is 14.9. The molecule has 2 aliphatic rings. The molecule has 7 heteroatoms. The predicted octanol–water partition coefficient (Wildman–Crippen LogP) is -1.32. The number of quaternary nitrogens is 1. The van der Waals surface area contributed by atoms with Gasteiger partial charge in [0.05, 0.1) is 11.2 Å². The minimum absolute atomic E-state index is 0.405. The number of aryl methyl sites for hydroxylation is 2. The average Bonchev–Trinajstić information content (AvgIpc) is 3.09. The molecule has 1 saturated heterocycles. The normalized spacial score (nSPS) is 23.4. The Kier molecular flexibility index (Phi) is 4.50. The summed E-state index contributed by atoms with van der Waals surface area (Å²) < 4.78 is 5.72. The topological polar surface area (TPSA) is 77.5 Å². The van der Waals surface area contributed by atoms with E-state index in [1.54, 1.807) is 0 Å². The summed E-state index contributed by atoms with van der Waals surface area (Å²) in [6.45, 7) is 7.77. The van der Waals surface area contributed by atoms with E-state index in [0.29, 0.717) is 12.1 Å². The molecule has 7 nitrogen and oxygen atoms in total. The van der Waals surface area contributed by atoms with Gasteiger partial charge in [-0.25, -0.2) is 20.6 Å². The first-order valence-electron chi connectivity index (χ1n) is 8.99. The van der Waals surface area contributed by atoms with Gasteiger partial charge in [-0.1, -0.05) is 12.1 Å². The molecule has 3 heterocycles. The number of guanidine groups is 1. The number of benzene rings is 1. The molecule has 0 saturated carbocycles. The SMILES string of the molecule is Cc1ccc2c(C)nc(NC3=[NH+]C[NH+](C[C@H]4CCCO4)CN3)nc2c1. The van der Waals surface area contributed by atoms with Crippen LogP contribution in [0.2, 0.25) is 0 Å². The molecule has 1 unspecified atom stereocenters. The number of rotatable bonds is 3. The first-order chi connectivity index (χ1) is 12.2. The molecule has 4 rings (SSSR count). The maximum absolute atomic E-state index is 5.72. The summed E-state index contributed by atoms with van der Waals surface area (Å²) in [6, 6.07) is 6.27. The largest absolute Gasteiger partial charge is 0.372 e. The zero-order chi connectivity index (χ0) is 17.2. The van der Waals surface area contributed by atoms with Gasteiger partial charge in [-0.2, -0.15) is 4.98 Å². The van der Waals surface area contributed by atoms with Gasteiger partial charge in [0.2, 0.25) is 0 Å². The molecule has 1 aromatic carbocycles. The second kappa shape index (κ2) is 6.93. The van der Waals surface area contributed by atoms with Gasteiger partial charge in [-0.3, -0.25) is 4.90 Å². The van der Waals surface area contributed by atoms with E-state index >= 15 is 0 Å². The Morgan fingerprint density at radius 1 is 1.36 bits per heavy atom. The van der Waals surface area contributed by atoms with E-state index in [9.17, 15) is 0 Å². The summed E-state index contributed by atoms with van der Waals surface area (Å²) in [5, 5.41) is 7.76. The van der Waals surface area contributed by atoms with Gasteiger partial charge in [0, 0.05) is 12.0 Å². The van der Waals surface area contributed by atoms with Gasteiger partial charge in [0.25, 0.3) is 5.95 Å². The molecule has 0 bridgehead atoms. The van der Waals surface area contributed by atoms with E-state index in [1.807, 2.05) is 6.92 Å². The number of hydrogen-bond donors (Lipinski definition) is 4. The van der Waals surface area contributed by atoms with Gasteiger partial charge < -0.3 is 4.74 Å². The molecule has 0 amide bonds. The summed E-state index contributed by atoms with van der Waals surface area (Å²) in [6.07, 6.45) is 2.78. The highest BCUT2D eigenvalue weighted by Gasteiger charge is 2.26. The summed E-state index contributed by atoms with van der Waals surface area (Å²) in [5.41, 5.74) is 3.15. The van der Waals surface area contributed by atoms with Crippen LogP contribution in [-0.2, 0) is 4.74 Å². The van der Waals surface area contributed by atoms with Crippen molar-refractivity contribution in [1.29, 1.82) is 0 Å². The highest BCUT2D eigenvalue weighted by molar-refractivity contribution is 5.89. The summed E-state index contributed by atoms with van der Waals surface area (Å²) in [5.74, 6) is 1.48. The maximum atomic E-state index is 5.72. The van der Waals surface area contributed by atoms with E-state index in [-0.39, 0.29) is 0 Å². The number of anilines is 1. The Hall–Kier alpha value is -2.25. The van der Waals surface area contributed by atoms with Crippen molar-refractivity contribution in [3.05, 3.63) is 29.5 Å². The number of aromatic nitrogens is 2. The minimum Gasteiger partial charge on any atom is -0.372 e. The van der Waals surface area contributed by atoms with Gasteiger partial charge in [-0.15, -0.1) is 0 Å². The molecule has 1 fully saturated rings. The third-order valence-electron chi connectivity index (χ3n) is 4.85. The lowest BCUT2D eigenvalue weighted by atomic mass is 10.1. The van der Waals surface area contributed by atoms with E-state index in [2.05, 4.69) is 50.7 Å². The van der Waals surface area contributed by atoms with Gasteiger partial charge in [0.1, 0.15) is 12.6 Å². The van der Waals surface area contributed by atoms with Crippen LogP contribution in [0.25, 0.3) is 10.9 Å². The fourth-order valence-corrected chi connectivity index (χ4v) is 3.48. The molecule has 0 spiro atoms. The van der Waals surface area contributed by atoms with Crippen molar-refractivity contribution in [3.63, 3.8) is 0 Å². The van der Waals surface area contributed by atoms with Crippen molar-refractivity contribution < 1.29 is 14.6 Å². The second-order valence-corrected chi connectivity index (χ2v) is 6.95. The molecule has 4 N–H and O–H groups in total. The standard InChI is InChI=1S/C18H24N6O/c1-12-5-6-15-13(2)21-18(22-16(15)8-12)23-17-19-10-24(11-20-17)9-14-4-3-7-25-14/h5-6,8,14H,3-4,7,9-11H2,1-2H3,(H2,19,20,21,22,23)/p+2/t14-/m1/s1. The molecule has 2 aliphatic heterocycles. The molecule has 1 aromatic heterocycles. The summed E-state index contributed by atoms with van der Waals surface area (Å²) in [4.78, 5) is 14.1. The molecular weight excluding hydrogens is 316 g/mol. The monoisotopic (exact) mass is 342 g/mol. The van der Waals surface area contributed by atoms with E-state index < -0.39 is 0 Å². The Morgan fingerprint density at radius 3 is 3.04 bits per heavy atom. The highest BCUT2D eigenvalue weighted by atomic mass is 16.5. The van der Waals surface area contributed by atoms with Crippen LogP contribution in [0.4, 0.5) is 5.95 Å². The summed E-state index contributed by atoms with van der Waals surface area (Å²) >= 11 is 0. The lowest BCUT2D eigenvalue weighted by Crippen LogP contribution is -3.24. The van der Waals surface area contributed by atoms with Crippen molar-refractivity contribution in [1.82, 2.24) is 15.3 Å². The number of nitrogens with one attached hydrogen (secondary N) is 4. The molecule has 132 valence electrons. The smallest absolute Gasteiger partial charge is 0.359 e. The number of fused-ring (bicyclic) bond motifs is 1. The van der Waals surface area contributed by atoms with E-state index in [0.717, 1.165) is 49.0 Å². The number of hydrogen-bond acceptors (Lipinski definition) is 5. The van der Waals surface area contributed by atoms with Crippen LogP contribution < -0.4 is 20.5 Å². The van der Waals surface area contributed by atoms with Crippen LogP contribution >= 0.6 is 0 Å². The summed E-state index contributed by atoms with van der Waals surface area (Å²) in [7, 11) is 0. The van der Waals surface area contributed by atoms with Crippen LogP contribution in [0, 0.1) is 13.8 Å². The van der Waals surface area contributed by atoms with E-state index in [4.69, 9.17) is 4.74 Å². The Labute approximate surface area is 147 Å². The van der Waals surface area contributed by atoms with Crippen LogP contribution in [0.3, 0.4) is 0 Å². The van der Waals surface area contributed by atoms with Gasteiger partial charge in [0.15, 0.2) is 13.3 Å². The van der Waals surface area contributed by atoms with Crippen molar-refractivity contribution >= 4 is 22.8 Å². The Morgan fingerprint density at radius 2 is 2.28 bits per heavy atom. The molecular formula is C18H26N6O+2. The zero-order valence-corrected chi connectivity index (χ0v) is 14.9. The second-order valence-electron chi connectivity index (χ2n) is 6.95. The Balaban J connectivity index is 1.43. The van der Waals surface area contributed by atoms with Crippen molar-refractivity contribution in [2.75, 3.05) is 31.8 Å². The third kappa shape index (κ3) is 3.72. The van der Waals surface area contributed by atoms with Crippen LogP contribution in [-0.4, -0.2) is 48.5 Å². The Bertz CT molecular complexity index is 799. The molecule has 2 atom stereocenters. The van der Waals surface area contributed by atoms with Crippen LogP contribution in [0.1, 0.15) is 24.1 Å². The first kappa shape index (κ1) is 16.2. The quantitative estimate of drug-likeness (QED) is 0.557. The number of ether oxygens (including phenoxy) is 1. The molecule has 0 aliphatic carbocycles. The lowest BCUT2D eigenvalue weighted by Gasteiger charge is -2.22. The first-order valence-corrected chi connectivity index (χ1v) is 8.99. The molecule has 0 radical (unpaired) electrons. The van der Waals surface area contributed by atoms with Crippen LogP contribution in [0.5, 0.6) is 0 Å². The van der Waals surface area contributed by atoms with Gasteiger partial charge in [-0.05, 0) is 38.3 Å².